The number of alkyl halides is 5. The van der Waals surface area contributed by atoms with E-state index in [0.29, 0.717) is 6.07 Å². The van der Waals surface area contributed by atoms with Gasteiger partial charge in [0.2, 0.25) is 0 Å². The van der Waals surface area contributed by atoms with Crippen molar-refractivity contribution >= 4 is 11.6 Å². The summed E-state index contributed by atoms with van der Waals surface area (Å²) in [5.74, 6) is -5.27. The second-order valence-corrected chi connectivity index (χ2v) is 3.08. The summed E-state index contributed by atoms with van der Waals surface area (Å²) in [6, 6.07) is 0.391. The van der Waals surface area contributed by atoms with Gasteiger partial charge < -0.3 is 0 Å². The third-order valence-electron chi connectivity index (χ3n) is 1.48. The Morgan fingerprint density at radius 3 is 2.07 bits per heavy atom. The molecule has 0 N–H and O–H groups in total. The van der Waals surface area contributed by atoms with Crippen LogP contribution in [0.25, 0.3) is 0 Å². The molecule has 0 aliphatic rings. The van der Waals surface area contributed by atoms with E-state index in [1.165, 1.54) is 6.92 Å². The highest BCUT2D eigenvalue weighted by atomic mass is 35.5. The highest BCUT2D eigenvalue weighted by molar-refractivity contribution is 6.29. The van der Waals surface area contributed by atoms with Crippen molar-refractivity contribution in [2.45, 2.75) is 19.0 Å². The molecule has 8 heteroatoms. The molecule has 15 heavy (non-hydrogen) atoms. The predicted octanol–water partition coefficient (Wildman–Crippen LogP) is 3.09. The summed E-state index contributed by atoms with van der Waals surface area (Å²) in [6.45, 7) is 1.17. The largest absolute Gasteiger partial charge is 0.459 e. The van der Waals surface area contributed by atoms with Crippen LogP contribution in [0, 0.1) is 6.92 Å². The van der Waals surface area contributed by atoms with E-state index in [0.717, 1.165) is 0 Å². The van der Waals surface area contributed by atoms with Crippen molar-refractivity contribution in [3.63, 3.8) is 0 Å². The van der Waals surface area contributed by atoms with Crippen LogP contribution >= 0.6 is 11.6 Å². The average Bonchev–Trinajstić information content (AvgIpc) is 1.99. The first kappa shape index (κ1) is 12.1. The molecule has 1 rings (SSSR count). The Labute approximate surface area is 86.1 Å². The van der Waals surface area contributed by atoms with Crippen LogP contribution < -0.4 is 0 Å². The van der Waals surface area contributed by atoms with Gasteiger partial charge in [0.05, 0.1) is 0 Å². The molecule has 1 aromatic heterocycles. The maximum Gasteiger partial charge on any atom is 0.459 e. The number of hydrogen-bond acceptors (Lipinski definition) is 2. The van der Waals surface area contributed by atoms with Gasteiger partial charge in [-0.1, -0.05) is 11.6 Å². The van der Waals surface area contributed by atoms with Crippen molar-refractivity contribution < 1.29 is 22.0 Å². The lowest BCUT2D eigenvalue weighted by molar-refractivity contribution is -0.291. The van der Waals surface area contributed by atoms with E-state index < -0.39 is 22.9 Å². The minimum Gasteiger partial charge on any atom is -0.231 e. The molecule has 84 valence electrons. The standard InChI is InChI=1S/C7H4ClF5N2/c1-3-14-4(2-5(8)15-3)6(9,10)7(11,12)13/h2H,1H3. The minimum atomic E-state index is -5.70. The number of aromatic nitrogens is 2. The highest BCUT2D eigenvalue weighted by Crippen LogP contribution is 2.43. The lowest BCUT2D eigenvalue weighted by Gasteiger charge is -2.18. The van der Waals surface area contributed by atoms with Crippen LogP contribution in [0.3, 0.4) is 0 Å². The first-order valence-electron chi connectivity index (χ1n) is 3.61. The van der Waals surface area contributed by atoms with E-state index in [2.05, 4.69) is 9.97 Å². The summed E-state index contributed by atoms with van der Waals surface area (Å²) < 4.78 is 61.3. The van der Waals surface area contributed by atoms with Gasteiger partial charge in [-0.2, -0.15) is 22.0 Å². The number of rotatable bonds is 1. The van der Waals surface area contributed by atoms with Crippen LogP contribution in [0.1, 0.15) is 11.5 Å². The molecule has 0 aromatic carbocycles. The van der Waals surface area contributed by atoms with Gasteiger partial charge in [-0.05, 0) is 6.92 Å². The maximum atomic E-state index is 12.7. The van der Waals surface area contributed by atoms with E-state index in [4.69, 9.17) is 11.6 Å². The molecule has 0 bridgehead atoms. The summed E-state index contributed by atoms with van der Waals surface area (Å²) in [4.78, 5) is 6.39. The Hall–Kier alpha value is -0.980. The maximum absolute atomic E-state index is 12.7. The second-order valence-electron chi connectivity index (χ2n) is 2.70. The van der Waals surface area contributed by atoms with Gasteiger partial charge in [0.1, 0.15) is 16.7 Å². The van der Waals surface area contributed by atoms with Gasteiger partial charge in [0, 0.05) is 6.07 Å². The predicted molar refractivity (Wildman–Crippen MR) is 41.7 cm³/mol. The lowest BCUT2D eigenvalue weighted by atomic mass is 10.2. The first-order valence-corrected chi connectivity index (χ1v) is 3.98. The summed E-state index contributed by atoms with van der Waals surface area (Å²) in [5.41, 5.74) is -1.45. The van der Waals surface area contributed by atoms with Gasteiger partial charge in [-0.15, -0.1) is 0 Å². The van der Waals surface area contributed by atoms with Crippen LogP contribution in [0.5, 0.6) is 0 Å². The molecule has 1 heterocycles. The molecule has 1 aromatic rings. The van der Waals surface area contributed by atoms with E-state index >= 15 is 0 Å². The number of nitrogens with zero attached hydrogens (tertiary/aromatic N) is 2. The van der Waals surface area contributed by atoms with Crippen molar-refractivity contribution in [1.29, 1.82) is 0 Å². The third kappa shape index (κ3) is 2.34. The van der Waals surface area contributed by atoms with E-state index in [9.17, 15) is 22.0 Å². The molecule has 0 saturated heterocycles. The Morgan fingerprint density at radius 1 is 1.13 bits per heavy atom. The Morgan fingerprint density at radius 2 is 1.67 bits per heavy atom. The van der Waals surface area contributed by atoms with Crippen LogP contribution in [0.4, 0.5) is 22.0 Å². The number of hydrogen-bond donors (Lipinski definition) is 0. The van der Waals surface area contributed by atoms with Gasteiger partial charge in [-0.3, -0.25) is 0 Å². The zero-order valence-electron chi connectivity index (χ0n) is 7.24. The first-order chi connectivity index (χ1) is 6.64. The van der Waals surface area contributed by atoms with Gasteiger partial charge >= 0.3 is 12.1 Å². The molecule has 0 saturated carbocycles. The fraction of sp³-hybridized carbons (Fsp3) is 0.429. The van der Waals surface area contributed by atoms with Gasteiger partial charge in [-0.25, -0.2) is 9.97 Å². The highest BCUT2D eigenvalue weighted by Gasteiger charge is 2.60. The fourth-order valence-electron chi connectivity index (χ4n) is 0.837. The van der Waals surface area contributed by atoms with E-state index in [1.807, 2.05) is 0 Å². The molecule has 0 spiro atoms. The zero-order chi connectivity index (χ0) is 11.9. The lowest BCUT2D eigenvalue weighted by Crippen LogP contribution is -2.34. The van der Waals surface area contributed by atoms with Crippen LogP contribution in [0.15, 0.2) is 6.07 Å². The van der Waals surface area contributed by atoms with Crippen molar-refractivity contribution in [1.82, 2.24) is 9.97 Å². The molecule has 0 radical (unpaired) electrons. The SMILES string of the molecule is Cc1nc(Cl)cc(C(F)(F)C(F)(F)F)n1. The molecule has 0 aliphatic heterocycles. The van der Waals surface area contributed by atoms with Crippen molar-refractivity contribution in [2.75, 3.05) is 0 Å². The van der Waals surface area contributed by atoms with E-state index in [-0.39, 0.29) is 5.82 Å². The van der Waals surface area contributed by atoms with Crippen LogP contribution in [0.2, 0.25) is 5.15 Å². The fourth-order valence-corrected chi connectivity index (χ4v) is 1.06. The second kappa shape index (κ2) is 3.55. The van der Waals surface area contributed by atoms with Crippen molar-refractivity contribution in [2.24, 2.45) is 0 Å². The monoisotopic (exact) mass is 246 g/mol. The third-order valence-corrected chi connectivity index (χ3v) is 1.68. The van der Waals surface area contributed by atoms with Crippen LogP contribution in [-0.4, -0.2) is 16.1 Å². The minimum absolute atomic E-state index is 0.249. The quantitative estimate of drug-likeness (QED) is 0.562. The number of halogens is 6. The van der Waals surface area contributed by atoms with Crippen LogP contribution in [-0.2, 0) is 5.92 Å². The number of aryl methyl sites for hydroxylation is 1. The normalized spacial score (nSPS) is 13.0. The Bertz CT molecular complexity index is 356. The topological polar surface area (TPSA) is 25.8 Å². The zero-order valence-corrected chi connectivity index (χ0v) is 8.00. The molecular weight excluding hydrogens is 243 g/mol. The van der Waals surface area contributed by atoms with Gasteiger partial charge in [0.15, 0.2) is 0 Å². The molecule has 0 atom stereocenters. The molecule has 0 amide bonds. The van der Waals surface area contributed by atoms with Crippen molar-refractivity contribution in [3.8, 4) is 0 Å². The molecule has 0 aliphatic carbocycles. The summed E-state index contributed by atoms with van der Waals surface area (Å²) in [7, 11) is 0. The molecule has 0 unspecified atom stereocenters. The van der Waals surface area contributed by atoms with Gasteiger partial charge in [0.25, 0.3) is 0 Å². The summed E-state index contributed by atoms with van der Waals surface area (Å²) in [6.07, 6.45) is -5.70. The smallest absolute Gasteiger partial charge is 0.231 e. The molecule has 0 fully saturated rings. The Balaban J connectivity index is 3.27. The van der Waals surface area contributed by atoms with E-state index in [1.54, 1.807) is 0 Å². The Kier molecular flexibility index (Phi) is 2.86. The summed E-state index contributed by atoms with van der Waals surface area (Å²) in [5, 5.41) is -0.457. The molecule has 2 nitrogen and oxygen atoms in total. The summed E-state index contributed by atoms with van der Waals surface area (Å²) >= 11 is 5.25. The van der Waals surface area contributed by atoms with Crippen molar-refractivity contribution in [3.05, 3.63) is 22.7 Å². The average molecular weight is 247 g/mol. The molecular formula is C7H4ClF5N2.